The summed E-state index contributed by atoms with van der Waals surface area (Å²) in [7, 11) is 0. The summed E-state index contributed by atoms with van der Waals surface area (Å²) in [4.78, 5) is 12.2. The predicted molar refractivity (Wildman–Crippen MR) is 74.6 cm³/mol. The Morgan fingerprint density at radius 3 is 2.95 bits per heavy atom. The number of hydrogen-bond acceptors (Lipinski definition) is 4. The highest BCUT2D eigenvalue weighted by molar-refractivity contribution is 5.42. The number of nitrogens with zero attached hydrogens (tertiary/aromatic N) is 3. The Morgan fingerprint density at radius 1 is 1.25 bits per heavy atom. The second kappa shape index (κ2) is 5.34. The molecule has 3 aromatic heterocycles. The molecule has 3 aromatic rings. The van der Waals surface area contributed by atoms with Gasteiger partial charge in [0.15, 0.2) is 0 Å². The standard InChI is InChI=1S/C14H16N4O2/c1-2-15-9-11-3-4-12(20-11)10-17-7-8-18-13(14(17)19)5-6-16-18/h3-8,15H,2,9-10H2,1H3. The first-order valence-corrected chi connectivity index (χ1v) is 6.59. The molecule has 1 N–H and O–H groups in total. The van der Waals surface area contributed by atoms with E-state index < -0.39 is 0 Å². The lowest BCUT2D eigenvalue weighted by molar-refractivity contribution is 0.438. The van der Waals surface area contributed by atoms with E-state index in [0.717, 1.165) is 18.1 Å². The van der Waals surface area contributed by atoms with Crippen LogP contribution < -0.4 is 10.9 Å². The molecule has 6 heteroatoms. The molecular formula is C14H16N4O2. The van der Waals surface area contributed by atoms with Crippen molar-refractivity contribution in [1.82, 2.24) is 19.5 Å². The van der Waals surface area contributed by atoms with Gasteiger partial charge in [-0.15, -0.1) is 0 Å². The summed E-state index contributed by atoms with van der Waals surface area (Å²) in [5.41, 5.74) is 0.488. The third-order valence-electron chi connectivity index (χ3n) is 3.13. The van der Waals surface area contributed by atoms with E-state index in [4.69, 9.17) is 4.42 Å². The summed E-state index contributed by atoms with van der Waals surface area (Å²) in [5.74, 6) is 1.64. The van der Waals surface area contributed by atoms with Crippen LogP contribution in [0.4, 0.5) is 0 Å². The molecular weight excluding hydrogens is 256 g/mol. The van der Waals surface area contributed by atoms with Crippen LogP contribution in [-0.2, 0) is 13.1 Å². The molecule has 0 fully saturated rings. The van der Waals surface area contributed by atoms with Gasteiger partial charge in [0.1, 0.15) is 17.0 Å². The minimum Gasteiger partial charge on any atom is -0.463 e. The van der Waals surface area contributed by atoms with E-state index in [-0.39, 0.29) is 5.56 Å². The van der Waals surface area contributed by atoms with Crippen molar-refractivity contribution in [1.29, 1.82) is 0 Å². The van der Waals surface area contributed by atoms with Gasteiger partial charge in [0.25, 0.3) is 5.56 Å². The summed E-state index contributed by atoms with van der Waals surface area (Å²) in [6.07, 6.45) is 5.09. The van der Waals surface area contributed by atoms with Crippen LogP contribution in [0.5, 0.6) is 0 Å². The van der Waals surface area contributed by atoms with Crippen LogP contribution in [0.3, 0.4) is 0 Å². The summed E-state index contributed by atoms with van der Waals surface area (Å²) in [6.45, 7) is 4.07. The molecule has 0 amide bonds. The fraction of sp³-hybridized carbons (Fsp3) is 0.286. The molecule has 0 atom stereocenters. The van der Waals surface area contributed by atoms with E-state index in [2.05, 4.69) is 10.4 Å². The molecule has 3 rings (SSSR count). The van der Waals surface area contributed by atoms with Crippen LogP contribution in [0.2, 0.25) is 0 Å². The van der Waals surface area contributed by atoms with Crippen molar-refractivity contribution in [3.63, 3.8) is 0 Å². The molecule has 3 heterocycles. The lowest BCUT2D eigenvalue weighted by Crippen LogP contribution is -2.21. The van der Waals surface area contributed by atoms with E-state index in [1.165, 1.54) is 0 Å². The molecule has 0 saturated carbocycles. The molecule has 20 heavy (non-hydrogen) atoms. The third kappa shape index (κ3) is 2.37. The van der Waals surface area contributed by atoms with Gasteiger partial charge < -0.3 is 14.3 Å². The number of rotatable bonds is 5. The quantitative estimate of drug-likeness (QED) is 0.759. The van der Waals surface area contributed by atoms with Gasteiger partial charge in [-0.3, -0.25) is 4.79 Å². The van der Waals surface area contributed by atoms with Crippen molar-refractivity contribution in [2.75, 3.05) is 6.54 Å². The van der Waals surface area contributed by atoms with Gasteiger partial charge in [-0.1, -0.05) is 6.92 Å². The topological polar surface area (TPSA) is 64.5 Å². The highest BCUT2D eigenvalue weighted by Crippen LogP contribution is 2.09. The maximum atomic E-state index is 12.2. The second-order valence-electron chi connectivity index (χ2n) is 4.54. The molecule has 0 aliphatic rings. The molecule has 0 radical (unpaired) electrons. The van der Waals surface area contributed by atoms with E-state index in [9.17, 15) is 4.79 Å². The molecule has 0 saturated heterocycles. The molecule has 0 spiro atoms. The zero-order valence-electron chi connectivity index (χ0n) is 11.2. The largest absolute Gasteiger partial charge is 0.463 e. The maximum absolute atomic E-state index is 12.2. The molecule has 0 aromatic carbocycles. The van der Waals surface area contributed by atoms with E-state index in [0.29, 0.717) is 18.6 Å². The van der Waals surface area contributed by atoms with Crippen LogP contribution in [-0.4, -0.2) is 20.7 Å². The van der Waals surface area contributed by atoms with Gasteiger partial charge in [-0.25, -0.2) is 4.52 Å². The minimum absolute atomic E-state index is 0.0744. The van der Waals surface area contributed by atoms with Gasteiger partial charge in [-0.2, -0.15) is 5.10 Å². The first-order valence-electron chi connectivity index (χ1n) is 6.59. The molecule has 6 nitrogen and oxygen atoms in total. The van der Waals surface area contributed by atoms with Gasteiger partial charge >= 0.3 is 0 Å². The van der Waals surface area contributed by atoms with Gasteiger partial charge in [0, 0.05) is 12.4 Å². The van der Waals surface area contributed by atoms with Crippen molar-refractivity contribution in [3.05, 3.63) is 58.7 Å². The van der Waals surface area contributed by atoms with Crippen molar-refractivity contribution < 1.29 is 4.42 Å². The third-order valence-corrected chi connectivity index (χ3v) is 3.13. The number of furan rings is 1. The van der Waals surface area contributed by atoms with Crippen LogP contribution >= 0.6 is 0 Å². The minimum atomic E-state index is -0.0744. The van der Waals surface area contributed by atoms with Crippen molar-refractivity contribution >= 4 is 5.52 Å². The number of aromatic nitrogens is 3. The Morgan fingerprint density at radius 2 is 2.10 bits per heavy atom. The molecule has 0 unspecified atom stereocenters. The Bertz CT molecular complexity index is 769. The van der Waals surface area contributed by atoms with Gasteiger partial charge in [0.05, 0.1) is 19.3 Å². The zero-order chi connectivity index (χ0) is 13.9. The van der Waals surface area contributed by atoms with E-state index in [1.54, 1.807) is 33.7 Å². The molecule has 0 aliphatic heterocycles. The summed E-state index contributed by atoms with van der Waals surface area (Å²) < 4.78 is 8.88. The number of hydrogen-bond donors (Lipinski definition) is 1. The lowest BCUT2D eigenvalue weighted by atomic mass is 10.4. The fourth-order valence-electron chi connectivity index (χ4n) is 2.10. The van der Waals surface area contributed by atoms with Crippen LogP contribution in [0.25, 0.3) is 5.52 Å². The first-order chi connectivity index (χ1) is 9.78. The fourth-order valence-corrected chi connectivity index (χ4v) is 2.10. The maximum Gasteiger partial charge on any atom is 0.276 e. The van der Waals surface area contributed by atoms with E-state index >= 15 is 0 Å². The van der Waals surface area contributed by atoms with Crippen molar-refractivity contribution in [2.24, 2.45) is 0 Å². The lowest BCUT2D eigenvalue weighted by Gasteiger charge is -2.04. The number of nitrogens with one attached hydrogen (secondary N) is 1. The summed E-state index contributed by atoms with van der Waals surface area (Å²) in [6, 6.07) is 5.54. The average Bonchev–Trinajstić information content (AvgIpc) is 3.09. The average molecular weight is 272 g/mol. The molecule has 104 valence electrons. The van der Waals surface area contributed by atoms with Crippen LogP contribution in [0.15, 0.2) is 46.0 Å². The number of fused-ring (bicyclic) bond motifs is 1. The Kier molecular flexibility index (Phi) is 3.39. The highest BCUT2D eigenvalue weighted by atomic mass is 16.3. The summed E-state index contributed by atoms with van der Waals surface area (Å²) >= 11 is 0. The normalized spacial score (nSPS) is 11.2. The van der Waals surface area contributed by atoms with Crippen molar-refractivity contribution in [2.45, 2.75) is 20.0 Å². The smallest absolute Gasteiger partial charge is 0.276 e. The Labute approximate surface area is 115 Å². The van der Waals surface area contributed by atoms with Gasteiger partial charge in [0.2, 0.25) is 0 Å². The van der Waals surface area contributed by atoms with Crippen LogP contribution in [0, 0.1) is 0 Å². The second-order valence-corrected chi connectivity index (χ2v) is 4.54. The first kappa shape index (κ1) is 12.7. The van der Waals surface area contributed by atoms with E-state index in [1.807, 2.05) is 19.1 Å². The molecule has 0 aliphatic carbocycles. The Balaban J connectivity index is 1.83. The predicted octanol–water partition coefficient (Wildman–Crippen LogP) is 1.25. The zero-order valence-corrected chi connectivity index (χ0v) is 11.2. The van der Waals surface area contributed by atoms with Crippen molar-refractivity contribution in [3.8, 4) is 0 Å². The van der Waals surface area contributed by atoms with Crippen LogP contribution in [0.1, 0.15) is 18.4 Å². The van der Waals surface area contributed by atoms with Gasteiger partial charge in [-0.05, 0) is 24.7 Å². The Hall–Kier alpha value is -2.34. The monoisotopic (exact) mass is 272 g/mol. The summed E-state index contributed by atoms with van der Waals surface area (Å²) in [5, 5.41) is 7.24. The molecule has 0 bridgehead atoms. The SMILES string of the molecule is CCNCc1ccc(Cn2ccn3nccc3c2=O)o1. The highest BCUT2D eigenvalue weighted by Gasteiger charge is 2.06.